The largest absolute Gasteiger partial charge is 0.494 e. The average molecular weight is 274 g/mol. The summed E-state index contributed by atoms with van der Waals surface area (Å²) in [6.07, 6.45) is 4.49. The van der Waals surface area contributed by atoms with Gasteiger partial charge in [0.1, 0.15) is 5.75 Å². The van der Waals surface area contributed by atoms with Crippen LogP contribution in [0.25, 0.3) is 0 Å². The maximum absolute atomic E-state index is 12.1. The molecule has 0 unspecified atom stereocenters. The lowest BCUT2D eigenvalue weighted by Gasteiger charge is -2.08. The molecule has 4 heteroatoms. The smallest absolute Gasteiger partial charge is 0.181 e. The van der Waals surface area contributed by atoms with E-state index in [9.17, 15) is 4.79 Å². The lowest BCUT2D eigenvalue weighted by molar-refractivity contribution is 0.0996. The van der Waals surface area contributed by atoms with Crippen molar-refractivity contribution in [2.24, 2.45) is 4.99 Å². The van der Waals surface area contributed by atoms with Crippen LogP contribution in [-0.2, 0) is 0 Å². The maximum atomic E-state index is 12.1. The number of aliphatic imine (C=N–C) groups is 1. The number of ether oxygens (including phenoxy) is 1. The topological polar surface area (TPSA) is 50.7 Å². The molecule has 0 saturated heterocycles. The number of carbonyl (C=O) groups excluding carboxylic acids is 1. The van der Waals surface area contributed by atoms with Gasteiger partial charge >= 0.3 is 0 Å². The molecule has 0 aromatic heterocycles. The van der Waals surface area contributed by atoms with Crippen molar-refractivity contribution in [1.82, 2.24) is 5.32 Å². The molecule has 1 aromatic carbocycles. The van der Waals surface area contributed by atoms with Crippen molar-refractivity contribution >= 4 is 11.6 Å². The van der Waals surface area contributed by atoms with Crippen molar-refractivity contribution in [3.63, 3.8) is 0 Å². The average Bonchev–Trinajstić information content (AvgIpc) is 2.74. The summed E-state index contributed by atoms with van der Waals surface area (Å²) in [4.78, 5) is 16.5. The van der Waals surface area contributed by atoms with Crippen molar-refractivity contribution in [1.29, 1.82) is 0 Å². The molecule has 0 spiro atoms. The van der Waals surface area contributed by atoms with E-state index in [0.717, 1.165) is 37.4 Å². The predicted octanol–water partition coefficient (Wildman–Crippen LogP) is 2.83. The SMILES string of the molecule is CCOc1ccc(C(=O)CNC2=NCCCCC2)cc1. The summed E-state index contributed by atoms with van der Waals surface area (Å²) in [6.45, 7) is 3.76. The van der Waals surface area contributed by atoms with Crippen molar-refractivity contribution < 1.29 is 9.53 Å². The van der Waals surface area contributed by atoms with Crippen LogP contribution in [0.2, 0.25) is 0 Å². The monoisotopic (exact) mass is 274 g/mol. The molecule has 1 heterocycles. The van der Waals surface area contributed by atoms with Crippen LogP contribution in [-0.4, -0.2) is 31.3 Å². The lowest BCUT2D eigenvalue weighted by Crippen LogP contribution is -2.29. The molecule has 0 aliphatic carbocycles. The number of nitrogens with zero attached hydrogens (tertiary/aromatic N) is 1. The van der Waals surface area contributed by atoms with Crippen LogP contribution >= 0.6 is 0 Å². The highest BCUT2D eigenvalue weighted by Crippen LogP contribution is 2.12. The van der Waals surface area contributed by atoms with E-state index in [1.807, 2.05) is 31.2 Å². The summed E-state index contributed by atoms with van der Waals surface area (Å²) in [5, 5.41) is 3.17. The summed E-state index contributed by atoms with van der Waals surface area (Å²) < 4.78 is 5.36. The fourth-order valence-corrected chi connectivity index (χ4v) is 2.21. The summed E-state index contributed by atoms with van der Waals surface area (Å²) in [7, 11) is 0. The van der Waals surface area contributed by atoms with Crippen LogP contribution in [0, 0.1) is 0 Å². The van der Waals surface area contributed by atoms with Gasteiger partial charge in [0.15, 0.2) is 5.78 Å². The number of nitrogens with one attached hydrogen (secondary N) is 1. The molecule has 1 aromatic rings. The molecular formula is C16H22N2O2. The molecule has 20 heavy (non-hydrogen) atoms. The molecule has 0 bridgehead atoms. The number of hydrogen-bond donors (Lipinski definition) is 1. The Morgan fingerprint density at radius 2 is 2.05 bits per heavy atom. The second-order valence-electron chi connectivity index (χ2n) is 4.87. The number of benzene rings is 1. The van der Waals surface area contributed by atoms with Crippen LogP contribution in [0.15, 0.2) is 29.3 Å². The first-order valence-corrected chi connectivity index (χ1v) is 7.33. The highest BCUT2D eigenvalue weighted by atomic mass is 16.5. The molecule has 108 valence electrons. The van der Waals surface area contributed by atoms with Crippen LogP contribution in [0.3, 0.4) is 0 Å². The molecular weight excluding hydrogens is 252 g/mol. The highest BCUT2D eigenvalue weighted by Gasteiger charge is 2.08. The van der Waals surface area contributed by atoms with E-state index in [-0.39, 0.29) is 5.78 Å². The van der Waals surface area contributed by atoms with Gasteiger partial charge in [-0.3, -0.25) is 9.79 Å². The second kappa shape index (κ2) is 7.68. The normalized spacial score (nSPS) is 15.2. The first-order chi connectivity index (χ1) is 9.79. The predicted molar refractivity (Wildman–Crippen MR) is 80.7 cm³/mol. The Bertz CT molecular complexity index is 466. The molecule has 0 fully saturated rings. The fraction of sp³-hybridized carbons (Fsp3) is 0.500. The Hall–Kier alpha value is -1.84. The quantitative estimate of drug-likeness (QED) is 0.840. The third-order valence-electron chi connectivity index (χ3n) is 3.31. The molecule has 1 aliphatic rings. The standard InChI is InChI=1S/C16H22N2O2/c1-2-20-14-9-7-13(8-10-14)15(19)12-18-16-6-4-3-5-11-17-16/h7-10H,2-6,11-12H2,1H3,(H,17,18). The Morgan fingerprint density at radius 3 is 2.80 bits per heavy atom. The highest BCUT2D eigenvalue weighted by molar-refractivity contribution is 5.99. The number of rotatable bonds is 5. The van der Waals surface area contributed by atoms with Gasteiger partial charge < -0.3 is 10.1 Å². The molecule has 0 amide bonds. The fourth-order valence-electron chi connectivity index (χ4n) is 2.21. The second-order valence-corrected chi connectivity index (χ2v) is 4.87. The van der Waals surface area contributed by atoms with E-state index in [2.05, 4.69) is 10.3 Å². The van der Waals surface area contributed by atoms with Crippen molar-refractivity contribution in [2.75, 3.05) is 19.7 Å². The molecule has 0 saturated carbocycles. The van der Waals surface area contributed by atoms with Gasteiger partial charge in [0, 0.05) is 18.5 Å². The zero-order valence-electron chi connectivity index (χ0n) is 12.0. The number of amidine groups is 1. The third kappa shape index (κ3) is 4.37. The Balaban J connectivity index is 1.86. The van der Waals surface area contributed by atoms with E-state index < -0.39 is 0 Å². The first kappa shape index (κ1) is 14.6. The van der Waals surface area contributed by atoms with Gasteiger partial charge in [-0.25, -0.2) is 0 Å². The third-order valence-corrected chi connectivity index (χ3v) is 3.31. The van der Waals surface area contributed by atoms with Crippen molar-refractivity contribution in [3.05, 3.63) is 29.8 Å². The van der Waals surface area contributed by atoms with E-state index in [4.69, 9.17) is 4.74 Å². The van der Waals surface area contributed by atoms with Gasteiger partial charge in [-0.15, -0.1) is 0 Å². The lowest BCUT2D eigenvalue weighted by atomic mass is 10.1. The summed E-state index contributed by atoms with van der Waals surface area (Å²) >= 11 is 0. The number of hydrogen-bond acceptors (Lipinski definition) is 4. The van der Waals surface area contributed by atoms with Gasteiger partial charge in [0.25, 0.3) is 0 Å². The Labute approximate surface area is 120 Å². The summed E-state index contributed by atoms with van der Waals surface area (Å²) in [5.41, 5.74) is 0.704. The molecule has 2 rings (SSSR count). The van der Waals surface area contributed by atoms with Gasteiger partial charge in [-0.2, -0.15) is 0 Å². The Morgan fingerprint density at radius 1 is 1.25 bits per heavy atom. The summed E-state index contributed by atoms with van der Waals surface area (Å²) in [5.74, 6) is 1.85. The van der Waals surface area contributed by atoms with E-state index >= 15 is 0 Å². The molecule has 0 radical (unpaired) electrons. The zero-order valence-corrected chi connectivity index (χ0v) is 12.0. The number of carbonyl (C=O) groups is 1. The van der Waals surface area contributed by atoms with Crippen molar-refractivity contribution in [2.45, 2.75) is 32.6 Å². The minimum Gasteiger partial charge on any atom is -0.494 e. The van der Waals surface area contributed by atoms with Crippen LogP contribution in [0.5, 0.6) is 5.75 Å². The number of ketones is 1. The van der Waals surface area contributed by atoms with Crippen molar-refractivity contribution in [3.8, 4) is 5.75 Å². The van der Waals surface area contributed by atoms with E-state index in [0.29, 0.717) is 18.7 Å². The van der Waals surface area contributed by atoms with Crippen LogP contribution in [0.1, 0.15) is 43.0 Å². The van der Waals surface area contributed by atoms with Crippen LogP contribution in [0.4, 0.5) is 0 Å². The minimum atomic E-state index is 0.0833. The minimum absolute atomic E-state index is 0.0833. The number of Topliss-reactive ketones (excluding diaryl/α,β-unsaturated/α-hetero) is 1. The molecule has 0 atom stereocenters. The zero-order chi connectivity index (χ0) is 14.2. The van der Waals surface area contributed by atoms with E-state index in [1.54, 1.807) is 0 Å². The van der Waals surface area contributed by atoms with Crippen LogP contribution < -0.4 is 10.1 Å². The maximum Gasteiger partial charge on any atom is 0.181 e. The van der Waals surface area contributed by atoms with Gasteiger partial charge in [0.2, 0.25) is 0 Å². The Kier molecular flexibility index (Phi) is 5.59. The van der Waals surface area contributed by atoms with E-state index in [1.165, 1.54) is 6.42 Å². The first-order valence-electron chi connectivity index (χ1n) is 7.33. The van der Waals surface area contributed by atoms with Gasteiger partial charge in [0.05, 0.1) is 19.0 Å². The summed E-state index contributed by atoms with van der Waals surface area (Å²) in [6, 6.07) is 7.29. The molecule has 4 nitrogen and oxygen atoms in total. The molecule has 1 N–H and O–H groups in total. The van der Waals surface area contributed by atoms with Gasteiger partial charge in [-0.05, 0) is 44.0 Å². The molecule has 1 aliphatic heterocycles. The van der Waals surface area contributed by atoms with Gasteiger partial charge in [-0.1, -0.05) is 6.42 Å².